The summed E-state index contributed by atoms with van der Waals surface area (Å²) < 4.78 is 17.3. The molecule has 0 bridgehead atoms. The Labute approximate surface area is 208 Å². The summed E-state index contributed by atoms with van der Waals surface area (Å²) in [5, 5.41) is 8.84. The first kappa shape index (κ1) is 23.0. The van der Waals surface area contributed by atoms with Crippen LogP contribution >= 0.6 is 0 Å². The molecule has 1 N–H and O–H groups in total. The lowest BCUT2D eigenvalue weighted by Crippen LogP contribution is -2.17. The van der Waals surface area contributed by atoms with Crippen molar-refractivity contribution in [2.75, 3.05) is 0 Å². The van der Waals surface area contributed by atoms with Crippen LogP contribution in [0.3, 0.4) is 0 Å². The van der Waals surface area contributed by atoms with Crippen LogP contribution in [-0.2, 0) is 0 Å². The third kappa shape index (κ3) is 4.72. The molecule has 0 aliphatic carbocycles. The molecule has 5 aromatic rings. The van der Waals surface area contributed by atoms with Crippen LogP contribution in [0.1, 0.15) is 27.3 Å². The number of halogens is 1. The van der Waals surface area contributed by atoms with E-state index in [9.17, 15) is 9.18 Å². The normalized spacial score (nSPS) is 11.2. The average Bonchev–Trinajstić information content (AvgIpc) is 3.48. The summed E-state index contributed by atoms with van der Waals surface area (Å²) in [5.41, 5.74) is 9.25. The van der Waals surface area contributed by atoms with Crippen LogP contribution in [0.15, 0.2) is 102 Å². The molecule has 7 heteroatoms. The van der Waals surface area contributed by atoms with Crippen LogP contribution in [0.25, 0.3) is 22.6 Å². The molecule has 1 amide bonds. The van der Waals surface area contributed by atoms with E-state index < -0.39 is 0 Å². The second-order valence-electron chi connectivity index (χ2n) is 8.42. The fourth-order valence-corrected chi connectivity index (χ4v) is 4.09. The summed E-state index contributed by atoms with van der Waals surface area (Å²) in [6.45, 7) is 4.09. The Morgan fingerprint density at radius 2 is 1.53 bits per heavy atom. The van der Waals surface area contributed by atoms with Crippen molar-refractivity contribution in [1.82, 2.24) is 19.8 Å². The van der Waals surface area contributed by atoms with Gasteiger partial charge in [-0.05, 0) is 86.6 Å². The van der Waals surface area contributed by atoms with E-state index in [-0.39, 0.29) is 11.7 Å². The van der Waals surface area contributed by atoms with Crippen LogP contribution in [-0.4, -0.2) is 26.5 Å². The Kier molecular flexibility index (Phi) is 6.28. The maximum absolute atomic E-state index is 13.5. The molecular formula is C29H24FN5O. The summed E-state index contributed by atoms with van der Waals surface area (Å²) in [4.78, 5) is 12.7. The Morgan fingerprint density at radius 3 is 2.19 bits per heavy atom. The van der Waals surface area contributed by atoms with E-state index in [1.165, 1.54) is 12.1 Å². The maximum Gasteiger partial charge on any atom is 0.271 e. The van der Waals surface area contributed by atoms with Gasteiger partial charge in [0.15, 0.2) is 0 Å². The molecule has 36 heavy (non-hydrogen) atoms. The van der Waals surface area contributed by atoms with Crippen molar-refractivity contribution in [3.63, 3.8) is 0 Å². The summed E-state index contributed by atoms with van der Waals surface area (Å²) in [6.07, 6.45) is 3.37. The molecule has 0 spiro atoms. The number of benzene rings is 3. The highest BCUT2D eigenvalue weighted by Crippen LogP contribution is 2.23. The third-order valence-electron chi connectivity index (χ3n) is 5.91. The lowest BCUT2D eigenvalue weighted by molar-refractivity contribution is 0.0955. The number of aryl methyl sites for hydroxylation is 2. The Morgan fingerprint density at radius 1 is 0.861 bits per heavy atom. The van der Waals surface area contributed by atoms with Crippen LogP contribution in [0.5, 0.6) is 0 Å². The predicted molar refractivity (Wildman–Crippen MR) is 139 cm³/mol. The van der Waals surface area contributed by atoms with Gasteiger partial charge < -0.3 is 4.57 Å². The van der Waals surface area contributed by atoms with Crippen LogP contribution in [0.4, 0.5) is 4.39 Å². The molecule has 0 saturated heterocycles. The average molecular weight is 478 g/mol. The minimum atomic E-state index is -0.322. The molecule has 6 nitrogen and oxygen atoms in total. The lowest BCUT2D eigenvalue weighted by atomic mass is 10.1. The Bertz CT molecular complexity index is 1510. The van der Waals surface area contributed by atoms with E-state index in [4.69, 9.17) is 0 Å². The SMILES string of the molecule is Cc1ccc(C)n1-c1ccc(C(=O)NN=Cc2cn(-c3ccccc3)nc2-c2ccc(F)cc2)cc1. The van der Waals surface area contributed by atoms with Gasteiger partial charge >= 0.3 is 0 Å². The van der Waals surface area contributed by atoms with Gasteiger partial charge in [-0.2, -0.15) is 10.2 Å². The smallest absolute Gasteiger partial charge is 0.271 e. The number of amides is 1. The van der Waals surface area contributed by atoms with Crippen molar-refractivity contribution in [3.05, 3.63) is 126 Å². The van der Waals surface area contributed by atoms with Crippen LogP contribution < -0.4 is 5.43 Å². The van der Waals surface area contributed by atoms with Gasteiger partial charge in [0.25, 0.3) is 5.91 Å². The van der Waals surface area contributed by atoms with Gasteiger partial charge in [-0.15, -0.1) is 0 Å². The third-order valence-corrected chi connectivity index (χ3v) is 5.91. The molecule has 178 valence electrons. The maximum atomic E-state index is 13.5. The summed E-state index contributed by atoms with van der Waals surface area (Å²) in [7, 11) is 0. The highest BCUT2D eigenvalue weighted by Gasteiger charge is 2.12. The summed E-state index contributed by atoms with van der Waals surface area (Å²) >= 11 is 0. The summed E-state index contributed by atoms with van der Waals surface area (Å²) in [5.74, 6) is -0.644. The number of hydrogen-bond donors (Lipinski definition) is 1. The number of carbonyl (C=O) groups is 1. The largest absolute Gasteiger partial charge is 0.319 e. The first-order chi connectivity index (χ1) is 17.5. The zero-order valence-corrected chi connectivity index (χ0v) is 19.9. The zero-order chi connectivity index (χ0) is 25.1. The van der Waals surface area contributed by atoms with Crippen molar-refractivity contribution < 1.29 is 9.18 Å². The molecule has 3 aromatic carbocycles. The fraction of sp³-hybridized carbons (Fsp3) is 0.0690. The van der Waals surface area contributed by atoms with E-state index in [1.54, 1.807) is 35.2 Å². The molecule has 0 radical (unpaired) electrons. The molecule has 2 aromatic heterocycles. The number of hydrogen-bond acceptors (Lipinski definition) is 3. The lowest BCUT2D eigenvalue weighted by Gasteiger charge is -2.10. The van der Waals surface area contributed by atoms with Crippen LogP contribution in [0, 0.1) is 19.7 Å². The molecular weight excluding hydrogens is 453 g/mol. The van der Waals surface area contributed by atoms with Gasteiger partial charge in [0.1, 0.15) is 11.5 Å². The van der Waals surface area contributed by atoms with Crippen molar-refractivity contribution in [2.24, 2.45) is 5.10 Å². The minimum absolute atomic E-state index is 0.322. The standard InChI is InChI=1S/C29H24FN5O/c1-20-8-9-21(2)35(20)27-16-12-23(13-17-27)29(36)32-31-18-24-19-34(26-6-4-3-5-7-26)33-28(24)22-10-14-25(30)15-11-22/h3-19H,1-2H3,(H,32,36). The molecule has 0 atom stereocenters. The van der Waals surface area contributed by atoms with Crippen molar-refractivity contribution in [3.8, 4) is 22.6 Å². The Hall–Kier alpha value is -4.78. The van der Waals surface area contributed by atoms with Crippen LogP contribution in [0.2, 0.25) is 0 Å². The number of hydrazone groups is 1. The second-order valence-corrected chi connectivity index (χ2v) is 8.42. The quantitative estimate of drug-likeness (QED) is 0.246. The summed E-state index contributed by atoms with van der Waals surface area (Å²) in [6, 6.07) is 27.2. The van der Waals surface area contributed by atoms with E-state index in [2.05, 4.69) is 32.3 Å². The monoisotopic (exact) mass is 477 g/mol. The van der Waals surface area contributed by atoms with E-state index >= 15 is 0 Å². The molecule has 0 unspecified atom stereocenters. The molecule has 0 aliphatic rings. The predicted octanol–water partition coefficient (Wildman–Crippen LogP) is 5.85. The Balaban J connectivity index is 1.37. The number of nitrogens with zero attached hydrogens (tertiary/aromatic N) is 4. The van der Waals surface area contributed by atoms with E-state index in [0.29, 0.717) is 16.8 Å². The van der Waals surface area contributed by atoms with Gasteiger partial charge in [0.05, 0.1) is 11.9 Å². The topological polar surface area (TPSA) is 64.2 Å². The minimum Gasteiger partial charge on any atom is -0.319 e. The van der Waals surface area contributed by atoms with Gasteiger partial charge in [0.2, 0.25) is 0 Å². The number of carbonyl (C=O) groups excluding carboxylic acids is 1. The van der Waals surface area contributed by atoms with Crippen molar-refractivity contribution in [1.29, 1.82) is 0 Å². The number of rotatable bonds is 6. The first-order valence-corrected chi connectivity index (χ1v) is 11.5. The van der Waals surface area contributed by atoms with Gasteiger partial charge in [-0.25, -0.2) is 14.5 Å². The fourth-order valence-electron chi connectivity index (χ4n) is 4.09. The van der Waals surface area contributed by atoms with Gasteiger partial charge in [0, 0.05) is 40.0 Å². The number of nitrogens with one attached hydrogen (secondary N) is 1. The van der Waals surface area contributed by atoms with E-state index in [0.717, 1.165) is 28.3 Å². The molecule has 0 aliphatic heterocycles. The first-order valence-electron chi connectivity index (χ1n) is 11.5. The second kappa shape index (κ2) is 9.84. The van der Waals surface area contributed by atoms with Gasteiger partial charge in [-0.1, -0.05) is 18.2 Å². The number of aromatic nitrogens is 3. The van der Waals surface area contributed by atoms with Gasteiger partial charge in [-0.3, -0.25) is 4.79 Å². The zero-order valence-electron chi connectivity index (χ0n) is 19.9. The molecule has 0 saturated carbocycles. The molecule has 2 heterocycles. The van der Waals surface area contributed by atoms with Crippen molar-refractivity contribution in [2.45, 2.75) is 13.8 Å². The highest BCUT2D eigenvalue weighted by atomic mass is 19.1. The highest BCUT2D eigenvalue weighted by molar-refractivity contribution is 5.95. The van der Waals surface area contributed by atoms with Crippen molar-refractivity contribution >= 4 is 12.1 Å². The number of para-hydroxylation sites is 1. The van der Waals surface area contributed by atoms with E-state index in [1.807, 2.05) is 62.5 Å². The molecule has 0 fully saturated rings. The molecule has 5 rings (SSSR count).